The van der Waals surface area contributed by atoms with Gasteiger partial charge in [0.05, 0.1) is 0 Å². The maximum absolute atomic E-state index is 12.3. The van der Waals surface area contributed by atoms with Gasteiger partial charge >= 0.3 is 0 Å². The monoisotopic (exact) mass is 296 g/mol. The Morgan fingerprint density at radius 1 is 1.33 bits per heavy atom. The van der Waals surface area contributed by atoms with Gasteiger partial charge in [0, 0.05) is 25.0 Å². The molecular weight excluding hydrogens is 272 g/mol. The molecule has 0 bridgehead atoms. The quantitative estimate of drug-likeness (QED) is 0.764. The van der Waals surface area contributed by atoms with Crippen LogP contribution in [0.5, 0.6) is 0 Å². The Morgan fingerprint density at radius 3 is 2.33 bits per heavy atom. The Bertz CT molecular complexity index is 338. The van der Waals surface area contributed by atoms with Crippen molar-refractivity contribution in [1.29, 1.82) is 0 Å². The fourth-order valence-electron chi connectivity index (χ4n) is 2.14. The van der Waals surface area contributed by atoms with Crippen molar-refractivity contribution in [3.05, 3.63) is 0 Å². The van der Waals surface area contributed by atoms with E-state index in [1.54, 1.807) is 4.31 Å². The molecule has 1 heterocycles. The molecule has 0 aromatic carbocycles. The summed E-state index contributed by atoms with van der Waals surface area (Å²) in [6.07, 6.45) is 2.56. The molecule has 1 saturated heterocycles. The van der Waals surface area contributed by atoms with Crippen LogP contribution >= 0.6 is 11.6 Å². The van der Waals surface area contributed by atoms with Crippen LogP contribution in [0, 0.1) is 11.8 Å². The number of rotatable bonds is 6. The zero-order chi connectivity index (χ0) is 13.8. The first kappa shape index (κ1) is 16.2. The van der Waals surface area contributed by atoms with E-state index in [1.807, 2.05) is 13.8 Å². The SMILES string of the molecule is CC1CCN(S(=O)(=O)NC(CCCl)C(C)C)CC1. The van der Waals surface area contributed by atoms with Crippen molar-refractivity contribution in [3.63, 3.8) is 0 Å². The van der Waals surface area contributed by atoms with Crippen LogP contribution in [0.15, 0.2) is 0 Å². The standard InChI is InChI=1S/C12H25ClN2O2S/c1-10(2)12(4-7-13)14-18(16,17)15-8-5-11(3)6-9-15/h10-12,14H,4-9H2,1-3H3. The van der Waals surface area contributed by atoms with E-state index in [-0.39, 0.29) is 12.0 Å². The molecule has 18 heavy (non-hydrogen) atoms. The van der Waals surface area contributed by atoms with Gasteiger partial charge in [0.1, 0.15) is 0 Å². The minimum absolute atomic E-state index is 0.0770. The average molecular weight is 297 g/mol. The van der Waals surface area contributed by atoms with Gasteiger partial charge in [-0.1, -0.05) is 20.8 Å². The maximum Gasteiger partial charge on any atom is 0.279 e. The largest absolute Gasteiger partial charge is 0.279 e. The van der Waals surface area contributed by atoms with Crippen LogP contribution in [0.3, 0.4) is 0 Å². The van der Waals surface area contributed by atoms with E-state index >= 15 is 0 Å². The summed E-state index contributed by atoms with van der Waals surface area (Å²) in [5.41, 5.74) is 0. The Kier molecular flexibility index (Phi) is 6.38. The highest BCUT2D eigenvalue weighted by Gasteiger charge is 2.29. The summed E-state index contributed by atoms with van der Waals surface area (Å²) in [5.74, 6) is 1.35. The van der Waals surface area contributed by atoms with Gasteiger partial charge in [-0.05, 0) is 31.1 Å². The number of piperidine rings is 1. The normalized spacial score (nSPS) is 21.4. The molecule has 1 rings (SSSR count). The van der Waals surface area contributed by atoms with Gasteiger partial charge in [0.25, 0.3) is 10.2 Å². The summed E-state index contributed by atoms with van der Waals surface area (Å²) in [6.45, 7) is 7.45. The first-order chi connectivity index (χ1) is 8.36. The third kappa shape index (κ3) is 4.68. The third-order valence-corrected chi connectivity index (χ3v) is 5.47. The zero-order valence-electron chi connectivity index (χ0n) is 11.5. The van der Waals surface area contributed by atoms with Gasteiger partial charge in [-0.2, -0.15) is 17.4 Å². The summed E-state index contributed by atoms with van der Waals surface area (Å²) in [4.78, 5) is 0. The van der Waals surface area contributed by atoms with Crippen LogP contribution < -0.4 is 4.72 Å². The molecule has 0 aromatic rings. The maximum atomic E-state index is 12.3. The number of nitrogens with one attached hydrogen (secondary N) is 1. The lowest BCUT2D eigenvalue weighted by Gasteiger charge is -2.32. The lowest BCUT2D eigenvalue weighted by molar-refractivity contribution is 0.280. The van der Waals surface area contributed by atoms with Crippen LogP contribution in [0.2, 0.25) is 0 Å². The van der Waals surface area contributed by atoms with Crippen molar-refractivity contribution >= 4 is 21.8 Å². The second-order valence-corrected chi connectivity index (χ2v) is 7.61. The minimum atomic E-state index is -3.35. The van der Waals surface area contributed by atoms with E-state index in [0.29, 0.717) is 31.3 Å². The molecule has 0 aliphatic carbocycles. The van der Waals surface area contributed by atoms with Gasteiger partial charge < -0.3 is 0 Å². The highest BCUT2D eigenvalue weighted by atomic mass is 35.5. The molecule has 1 N–H and O–H groups in total. The second kappa shape index (κ2) is 7.08. The first-order valence-corrected chi connectivity index (χ1v) is 8.67. The Morgan fingerprint density at radius 2 is 1.89 bits per heavy atom. The van der Waals surface area contributed by atoms with Crippen LogP contribution in [0.4, 0.5) is 0 Å². The second-order valence-electron chi connectivity index (χ2n) is 5.53. The van der Waals surface area contributed by atoms with Gasteiger partial charge in [0.2, 0.25) is 0 Å². The molecule has 0 aromatic heterocycles. The molecule has 1 aliphatic rings. The number of alkyl halides is 1. The topological polar surface area (TPSA) is 49.4 Å². The van der Waals surface area contributed by atoms with Gasteiger partial charge in [-0.15, -0.1) is 11.6 Å². The summed E-state index contributed by atoms with van der Waals surface area (Å²) in [5, 5.41) is 0. The van der Waals surface area contributed by atoms with Crippen molar-refractivity contribution in [3.8, 4) is 0 Å². The summed E-state index contributed by atoms with van der Waals surface area (Å²) in [6, 6.07) is -0.0770. The molecule has 6 heteroatoms. The molecule has 1 unspecified atom stereocenters. The molecule has 108 valence electrons. The summed E-state index contributed by atoms with van der Waals surface area (Å²) < 4.78 is 28.9. The molecule has 0 radical (unpaired) electrons. The Hall–Kier alpha value is 0.160. The van der Waals surface area contributed by atoms with Crippen LogP contribution in [-0.4, -0.2) is 37.7 Å². The van der Waals surface area contributed by atoms with E-state index in [0.717, 1.165) is 12.8 Å². The zero-order valence-corrected chi connectivity index (χ0v) is 13.1. The van der Waals surface area contributed by atoms with Crippen LogP contribution in [-0.2, 0) is 10.2 Å². The summed E-state index contributed by atoms with van der Waals surface area (Å²) in [7, 11) is -3.35. The van der Waals surface area contributed by atoms with Crippen molar-refractivity contribution in [1.82, 2.24) is 9.03 Å². The van der Waals surface area contributed by atoms with E-state index in [4.69, 9.17) is 11.6 Å². The molecule has 0 saturated carbocycles. The highest BCUT2D eigenvalue weighted by molar-refractivity contribution is 7.87. The van der Waals surface area contributed by atoms with E-state index < -0.39 is 10.2 Å². The smallest absolute Gasteiger partial charge is 0.199 e. The van der Waals surface area contributed by atoms with Crippen LogP contribution in [0.1, 0.15) is 40.0 Å². The predicted octanol–water partition coefficient (Wildman–Crippen LogP) is 2.21. The molecule has 1 atom stereocenters. The number of hydrogen-bond donors (Lipinski definition) is 1. The van der Waals surface area contributed by atoms with Crippen molar-refractivity contribution in [2.75, 3.05) is 19.0 Å². The number of halogens is 1. The lowest BCUT2D eigenvalue weighted by Crippen LogP contribution is -2.49. The molecule has 0 amide bonds. The van der Waals surface area contributed by atoms with E-state index in [1.165, 1.54) is 0 Å². The Labute approximate surface area is 116 Å². The number of hydrogen-bond acceptors (Lipinski definition) is 2. The molecule has 4 nitrogen and oxygen atoms in total. The van der Waals surface area contributed by atoms with Crippen molar-refractivity contribution in [2.24, 2.45) is 11.8 Å². The lowest BCUT2D eigenvalue weighted by atomic mass is 10.0. The van der Waals surface area contributed by atoms with Gasteiger partial charge in [0.15, 0.2) is 0 Å². The van der Waals surface area contributed by atoms with Gasteiger partial charge in [-0.3, -0.25) is 0 Å². The molecular formula is C12H25ClN2O2S. The van der Waals surface area contributed by atoms with Gasteiger partial charge in [-0.25, -0.2) is 0 Å². The number of nitrogens with zero attached hydrogens (tertiary/aromatic N) is 1. The van der Waals surface area contributed by atoms with Crippen molar-refractivity contribution in [2.45, 2.75) is 46.1 Å². The molecule has 1 aliphatic heterocycles. The van der Waals surface area contributed by atoms with E-state index in [9.17, 15) is 8.42 Å². The fourth-order valence-corrected chi connectivity index (χ4v) is 3.99. The summed E-state index contributed by atoms with van der Waals surface area (Å²) >= 11 is 5.73. The van der Waals surface area contributed by atoms with Crippen LogP contribution in [0.25, 0.3) is 0 Å². The van der Waals surface area contributed by atoms with Crippen molar-refractivity contribution < 1.29 is 8.42 Å². The highest BCUT2D eigenvalue weighted by Crippen LogP contribution is 2.19. The first-order valence-electron chi connectivity index (χ1n) is 6.70. The van der Waals surface area contributed by atoms with E-state index in [2.05, 4.69) is 11.6 Å². The third-order valence-electron chi connectivity index (χ3n) is 3.61. The predicted molar refractivity (Wildman–Crippen MR) is 76.0 cm³/mol. The minimum Gasteiger partial charge on any atom is -0.199 e. The average Bonchev–Trinajstić information content (AvgIpc) is 2.28. The Balaban J connectivity index is 2.62. The molecule has 0 spiro atoms. The fraction of sp³-hybridized carbons (Fsp3) is 1.00. The molecule has 1 fully saturated rings.